The number of hydrogen-bond donors (Lipinski definition) is 2. The summed E-state index contributed by atoms with van der Waals surface area (Å²) in [6, 6.07) is 4.70. The van der Waals surface area contributed by atoms with Crippen molar-refractivity contribution in [2.75, 3.05) is 5.73 Å². The van der Waals surface area contributed by atoms with Crippen LogP contribution < -0.4 is 16.2 Å². The number of nitrogen functional groups attached to an aromatic ring is 1. The number of primary amides is 1. The summed E-state index contributed by atoms with van der Waals surface area (Å²) in [7, 11) is 0. The Kier molecular flexibility index (Phi) is 4.46. The second-order valence-electron chi connectivity index (χ2n) is 4.03. The third-order valence-electron chi connectivity index (χ3n) is 2.56. The fourth-order valence-electron chi connectivity index (χ4n) is 1.56. The number of rotatable bonds is 3. The van der Waals surface area contributed by atoms with Crippen molar-refractivity contribution in [3.63, 3.8) is 0 Å². The summed E-state index contributed by atoms with van der Waals surface area (Å²) in [5, 5.41) is 0.535. The number of nitrogens with two attached hydrogens (primary N) is 2. The summed E-state index contributed by atoms with van der Waals surface area (Å²) in [5.74, 6) is -1.78. The zero-order valence-corrected chi connectivity index (χ0v) is 12.6. The molecule has 2 aromatic carbocycles. The summed E-state index contributed by atoms with van der Waals surface area (Å²) in [5.41, 5.74) is 10.5. The van der Waals surface area contributed by atoms with Gasteiger partial charge in [0, 0.05) is 17.8 Å². The highest BCUT2D eigenvalue weighted by molar-refractivity contribution is 6.43. The van der Waals surface area contributed by atoms with E-state index in [0.717, 1.165) is 12.1 Å². The lowest BCUT2D eigenvalue weighted by atomic mass is 10.1. The summed E-state index contributed by atoms with van der Waals surface area (Å²) in [4.78, 5) is 11.2. The van der Waals surface area contributed by atoms with Crippen molar-refractivity contribution in [3.8, 4) is 11.5 Å². The van der Waals surface area contributed by atoms with E-state index in [1.54, 1.807) is 0 Å². The smallest absolute Gasteiger partial charge is 0.250 e. The van der Waals surface area contributed by atoms with Crippen molar-refractivity contribution in [3.05, 3.63) is 50.7 Å². The van der Waals surface area contributed by atoms with Crippen LogP contribution in [0.4, 0.5) is 10.1 Å². The molecule has 0 aliphatic rings. The Morgan fingerprint density at radius 2 is 1.62 bits per heavy atom. The van der Waals surface area contributed by atoms with Gasteiger partial charge in [0.05, 0.1) is 20.6 Å². The molecule has 4 N–H and O–H groups in total. The van der Waals surface area contributed by atoms with Crippen molar-refractivity contribution in [1.82, 2.24) is 0 Å². The molecule has 0 aromatic heterocycles. The number of benzene rings is 2. The molecule has 110 valence electrons. The van der Waals surface area contributed by atoms with E-state index >= 15 is 0 Å². The van der Waals surface area contributed by atoms with E-state index in [0.29, 0.717) is 0 Å². The molecule has 0 bridgehead atoms. The van der Waals surface area contributed by atoms with Crippen LogP contribution in [0.5, 0.6) is 11.5 Å². The van der Waals surface area contributed by atoms with E-state index in [4.69, 9.17) is 51.0 Å². The number of hydrogen-bond acceptors (Lipinski definition) is 3. The Hall–Kier alpha value is -1.69. The first kappa shape index (κ1) is 15.7. The lowest BCUT2D eigenvalue weighted by Gasteiger charge is -2.11. The maximum absolute atomic E-state index is 13.8. The van der Waals surface area contributed by atoms with Crippen LogP contribution >= 0.6 is 34.8 Å². The second kappa shape index (κ2) is 5.97. The van der Waals surface area contributed by atoms with E-state index in [9.17, 15) is 9.18 Å². The highest BCUT2D eigenvalue weighted by atomic mass is 35.5. The van der Waals surface area contributed by atoms with Crippen molar-refractivity contribution in [1.29, 1.82) is 0 Å². The highest BCUT2D eigenvalue weighted by Gasteiger charge is 2.15. The molecule has 0 radical (unpaired) electrons. The molecule has 0 atom stereocenters. The maximum Gasteiger partial charge on any atom is 0.250 e. The lowest BCUT2D eigenvalue weighted by Crippen LogP contribution is -2.14. The number of carbonyl (C=O) groups is 1. The summed E-state index contributed by atoms with van der Waals surface area (Å²) >= 11 is 17.6. The van der Waals surface area contributed by atoms with Crippen molar-refractivity contribution in [2.24, 2.45) is 5.73 Å². The van der Waals surface area contributed by atoms with E-state index < -0.39 is 11.7 Å². The van der Waals surface area contributed by atoms with Crippen LogP contribution in [0.2, 0.25) is 15.1 Å². The van der Waals surface area contributed by atoms with Crippen LogP contribution in [0.3, 0.4) is 0 Å². The summed E-state index contributed by atoms with van der Waals surface area (Å²) in [6.45, 7) is 0. The van der Waals surface area contributed by atoms with Gasteiger partial charge in [-0.1, -0.05) is 34.8 Å². The summed E-state index contributed by atoms with van der Waals surface area (Å²) in [6.07, 6.45) is 0. The van der Waals surface area contributed by atoms with Crippen LogP contribution in [0.25, 0.3) is 0 Å². The molecule has 2 aromatic rings. The maximum atomic E-state index is 13.8. The standard InChI is InChI=1S/C13H8Cl3FN2O2/c14-6-2-8(16)11(3-7(6)15)21-12-1-5(13(19)20)10(18)4-9(12)17/h1-4H,18H2,(H2,19,20). The molecule has 0 aliphatic heterocycles. The highest BCUT2D eigenvalue weighted by Crippen LogP contribution is 2.37. The number of carbonyl (C=O) groups excluding carboxylic acids is 1. The second-order valence-corrected chi connectivity index (χ2v) is 5.25. The van der Waals surface area contributed by atoms with E-state index in [1.165, 1.54) is 12.1 Å². The van der Waals surface area contributed by atoms with Gasteiger partial charge in [-0.05, 0) is 12.1 Å². The minimum Gasteiger partial charge on any atom is -0.453 e. The molecule has 0 heterocycles. The van der Waals surface area contributed by atoms with Gasteiger partial charge in [0.2, 0.25) is 0 Å². The lowest BCUT2D eigenvalue weighted by molar-refractivity contribution is 0.100. The van der Waals surface area contributed by atoms with Gasteiger partial charge < -0.3 is 16.2 Å². The van der Waals surface area contributed by atoms with Gasteiger partial charge in [-0.2, -0.15) is 0 Å². The zero-order valence-electron chi connectivity index (χ0n) is 10.3. The average molecular weight is 350 g/mol. The molecule has 0 spiro atoms. The zero-order chi connectivity index (χ0) is 15.7. The van der Waals surface area contributed by atoms with Gasteiger partial charge in [-0.25, -0.2) is 4.39 Å². The Labute approximate surface area is 134 Å². The molecule has 8 heteroatoms. The SMILES string of the molecule is NC(=O)c1cc(Oc2cc(Cl)c(Cl)cc2Cl)c(F)cc1N. The Balaban J connectivity index is 2.47. The minimum atomic E-state index is -0.808. The van der Waals surface area contributed by atoms with E-state index in [2.05, 4.69) is 0 Å². The van der Waals surface area contributed by atoms with Gasteiger partial charge in [-0.3, -0.25) is 4.79 Å². The molecule has 0 saturated heterocycles. The van der Waals surface area contributed by atoms with Crippen LogP contribution in [0.15, 0.2) is 24.3 Å². The Morgan fingerprint density at radius 1 is 1.00 bits per heavy atom. The first-order valence-corrected chi connectivity index (χ1v) is 6.64. The number of anilines is 1. The summed E-state index contributed by atoms with van der Waals surface area (Å²) < 4.78 is 19.1. The third-order valence-corrected chi connectivity index (χ3v) is 3.58. The quantitative estimate of drug-likeness (QED) is 0.642. The molecule has 0 fully saturated rings. The molecule has 1 amide bonds. The fourth-order valence-corrected chi connectivity index (χ4v) is 2.14. The molecule has 0 unspecified atom stereocenters. The number of ether oxygens (including phenoxy) is 1. The minimum absolute atomic E-state index is 0.0671. The van der Waals surface area contributed by atoms with Gasteiger partial charge in [0.25, 0.3) is 5.91 Å². The van der Waals surface area contributed by atoms with Gasteiger partial charge in [-0.15, -0.1) is 0 Å². The average Bonchev–Trinajstić information content (AvgIpc) is 2.38. The van der Waals surface area contributed by atoms with E-state index in [1.807, 2.05) is 0 Å². The Morgan fingerprint density at radius 3 is 2.24 bits per heavy atom. The largest absolute Gasteiger partial charge is 0.453 e. The monoisotopic (exact) mass is 348 g/mol. The van der Waals surface area contributed by atoms with Crippen molar-refractivity contribution in [2.45, 2.75) is 0 Å². The fraction of sp³-hybridized carbons (Fsp3) is 0. The molecule has 4 nitrogen and oxygen atoms in total. The van der Waals surface area contributed by atoms with Gasteiger partial charge >= 0.3 is 0 Å². The molecule has 0 aliphatic carbocycles. The van der Waals surface area contributed by atoms with Gasteiger partial charge in [0.15, 0.2) is 11.6 Å². The molecule has 21 heavy (non-hydrogen) atoms. The van der Waals surface area contributed by atoms with Crippen molar-refractivity contribution < 1.29 is 13.9 Å². The van der Waals surface area contributed by atoms with Crippen molar-refractivity contribution >= 4 is 46.4 Å². The first-order valence-electron chi connectivity index (χ1n) is 5.51. The Bertz CT molecular complexity index is 738. The van der Waals surface area contributed by atoms with Crippen LogP contribution in [0, 0.1) is 5.82 Å². The predicted octanol–water partition coefficient (Wildman–Crippen LogP) is 4.26. The van der Waals surface area contributed by atoms with Crippen LogP contribution in [0.1, 0.15) is 10.4 Å². The topological polar surface area (TPSA) is 78.3 Å². The first-order chi connectivity index (χ1) is 9.79. The molecule has 2 rings (SSSR count). The van der Waals surface area contributed by atoms with Gasteiger partial charge in [0.1, 0.15) is 5.75 Å². The van der Waals surface area contributed by atoms with E-state index in [-0.39, 0.29) is 37.8 Å². The van der Waals surface area contributed by atoms with Crippen LogP contribution in [-0.4, -0.2) is 5.91 Å². The molecular formula is C13H8Cl3FN2O2. The number of halogens is 4. The number of amides is 1. The third kappa shape index (κ3) is 3.32. The molecule has 0 saturated carbocycles. The predicted molar refractivity (Wildman–Crippen MR) is 80.9 cm³/mol. The normalized spacial score (nSPS) is 10.5. The molecular weight excluding hydrogens is 342 g/mol. The van der Waals surface area contributed by atoms with Crippen LogP contribution in [-0.2, 0) is 0 Å².